The molecule has 5 heteroatoms. The summed E-state index contributed by atoms with van der Waals surface area (Å²) in [5.41, 5.74) is 8.00. The third-order valence-electron chi connectivity index (χ3n) is 3.39. The Bertz CT molecular complexity index is 408. The maximum absolute atomic E-state index is 5.95. The molecular formula is C13H22N4O. The summed E-state index contributed by atoms with van der Waals surface area (Å²) in [6, 6.07) is 2.71. The third-order valence-corrected chi connectivity index (χ3v) is 3.39. The molecular weight excluding hydrogens is 228 g/mol. The van der Waals surface area contributed by atoms with E-state index in [9.17, 15) is 0 Å². The van der Waals surface area contributed by atoms with Gasteiger partial charge in [-0.1, -0.05) is 0 Å². The van der Waals surface area contributed by atoms with Crippen molar-refractivity contribution in [2.75, 3.05) is 31.4 Å². The highest BCUT2D eigenvalue weighted by Crippen LogP contribution is 2.34. The zero-order chi connectivity index (χ0) is 13.1. The molecule has 0 aliphatic heterocycles. The molecule has 1 aliphatic carbocycles. The Morgan fingerprint density at radius 1 is 1.44 bits per heavy atom. The van der Waals surface area contributed by atoms with Gasteiger partial charge in [0.2, 0.25) is 5.88 Å². The lowest BCUT2D eigenvalue weighted by Crippen LogP contribution is -2.22. The smallest absolute Gasteiger partial charge is 0.239 e. The fourth-order valence-corrected chi connectivity index (χ4v) is 2.45. The van der Waals surface area contributed by atoms with Crippen molar-refractivity contribution in [2.24, 2.45) is 5.73 Å². The zero-order valence-electron chi connectivity index (χ0n) is 11.3. The number of rotatable bonds is 4. The summed E-state index contributed by atoms with van der Waals surface area (Å²) in [6.07, 6.45) is 4.95. The van der Waals surface area contributed by atoms with Crippen LogP contribution in [0, 0.1) is 0 Å². The van der Waals surface area contributed by atoms with E-state index < -0.39 is 0 Å². The molecule has 100 valence electrons. The Labute approximate surface area is 108 Å². The second-order valence-corrected chi connectivity index (χ2v) is 5.02. The average Bonchev–Trinajstić information content (AvgIpc) is 2.75. The molecule has 0 radical (unpaired) electrons. The predicted octanol–water partition coefficient (Wildman–Crippen LogP) is 1.45. The predicted molar refractivity (Wildman–Crippen MR) is 74.4 cm³/mol. The van der Waals surface area contributed by atoms with E-state index in [4.69, 9.17) is 10.5 Å². The number of nitrogens with one attached hydrogen (secondary N) is 1. The van der Waals surface area contributed by atoms with E-state index in [2.05, 4.69) is 15.2 Å². The van der Waals surface area contributed by atoms with Crippen molar-refractivity contribution in [1.82, 2.24) is 4.98 Å². The van der Waals surface area contributed by atoms with Gasteiger partial charge in [0.15, 0.2) is 0 Å². The fourth-order valence-electron chi connectivity index (χ4n) is 2.45. The first-order chi connectivity index (χ1) is 8.61. The van der Waals surface area contributed by atoms with Crippen LogP contribution in [0.1, 0.15) is 19.3 Å². The molecule has 1 aromatic rings. The fraction of sp³-hybridized carbons (Fsp3) is 0.615. The maximum Gasteiger partial charge on any atom is 0.239 e. The van der Waals surface area contributed by atoms with E-state index in [0.717, 1.165) is 30.6 Å². The SMILES string of the molecule is COc1nccc(N(C)C)c1NC1CCC(N)C1. The highest BCUT2D eigenvalue weighted by molar-refractivity contribution is 5.74. The van der Waals surface area contributed by atoms with Crippen LogP contribution in [-0.4, -0.2) is 38.3 Å². The van der Waals surface area contributed by atoms with Crippen molar-refractivity contribution in [3.05, 3.63) is 12.3 Å². The van der Waals surface area contributed by atoms with Gasteiger partial charge < -0.3 is 20.7 Å². The van der Waals surface area contributed by atoms with Crippen LogP contribution in [0.25, 0.3) is 0 Å². The van der Waals surface area contributed by atoms with Crippen molar-refractivity contribution in [3.63, 3.8) is 0 Å². The Kier molecular flexibility index (Phi) is 3.91. The summed E-state index contributed by atoms with van der Waals surface area (Å²) in [6.45, 7) is 0. The van der Waals surface area contributed by atoms with Crippen LogP contribution in [0.5, 0.6) is 5.88 Å². The molecule has 1 heterocycles. The molecule has 1 aliphatic rings. The topological polar surface area (TPSA) is 63.4 Å². The summed E-state index contributed by atoms with van der Waals surface area (Å²) in [5, 5.41) is 3.53. The molecule has 2 unspecified atom stereocenters. The first-order valence-electron chi connectivity index (χ1n) is 6.34. The number of hydrogen-bond donors (Lipinski definition) is 2. The van der Waals surface area contributed by atoms with Crippen LogP contribution in [0.4, 0.5) is 11.4 Å². The number of nitrogens with zero attached hydrogens (tertiary/aromatic N) is 2. The Balaban J connectivity index is 2.23. The van der Waals surface area contributed by atoms with Crippen LogP contribution in [-0.2, 0) is 0 Å². The van der Waals surface area contributed by atoms with E-state index in [-0.39, 0.29) is 0 Å². The number of methoxy groups -OCH3 is 1. The van der Waals surface area contributed by atoms with Gasteiger partial charge in [-0.05, 0) is 25.3 Å². The third kappa shape index (κ3) is 2.67. The molecule has 0 bridgehead atoms. The minimum absolute atomic E-state index is 0.313. The van der Waals surface area contributed by atoms with Crippen molar-refractivity contribution < 1.29 is 4.74 Å². The first kappa shape index (κ1) is 13.0. The van der Waals surface area contributed by atoms with Gasteiger partial charge in [-0.15, -0.1) is 0 Å². The number of pyridine rings is 1. The van der Waals surface area contributed by atoms with Gasteiger partial charge in [-0.3, -0.25) is 0 Å². The molecule has 1 saturated carbocycles. The molecule has 1 fully saturated rings. The minimum atomic E-state index is 0.313. The monoisotopic (exact) mass is 250 g/mol. The van der Waals surface area contributed by atoms with Gasteiger partial charge in [0.05, 0.1) is 12.8 Å². The average molecular weight is 250 g/mol. The number of ether oxygens (including phenoxy) is 1. The van der Waals surface area contributed by atoms with E-state index in [1.807, 2.05) is 20.2 Å². The lowest BCUT2D eigenvalue weighted by atomic mass is 10.2. The molecule has 0 saturated heterocycles. The summed E-state index contributed by atoms with van der Waals surface area (Å²) in [5.74, 6) is 0.640. The largest absolute Gasteiger partial charge is 0.479 e. The Morgan fingerprint density at radius 2 is 2.22 bits per heavy atom. The lowest BCUT2D eigenvalue weighted by molar-refractivity contribution is 0.399. The number of hydrogen-bond acceptors (Lipinski definition) is 5. The normalized spacial score (nSPS) is 22.9. The highest BCUT2D eigenvalue weighted by atomic mass is 16.5. The second-order valence-electron chi connectivity index (χ2n) is 5.02. The van der Waals surface area contributed by atoms with Crippen LogP contribution >= 0.6 is 0 Å². The summed E-state index contributed by atoms with van der Waals surface area (Å²) in [4.78, 5) is 6.32. The van der Waals surface area contributed by atoms with Gasteiger partial charge >= 0.3 is 0 Å². The van der Waals surface area contributed by atoms with E-state index in [0.29, 0.717) is 18.0 Å². The molecule has 2 rings (SSSR count). The van der Waals surface area contributed by atoms with Crippen molar-refractivity contribution in [1.29, 1.82) is 0 Å². The van der Waals surface area contributed by atoms with Gasteiger partial charge in [0.25, 0.3) is 0 Å². The Hall–Kier alpha value is -1.49. The van der Waals surface area contributed by atoms with Crippen LogP contribution in [0.3, 0.4) is 0 Å². The molecule has 0 aromatic carbocycles. The Morgan fingerprint density at radius 3 is 2.78 bits per heavy atom. The van der Waals surface area contributed by atoms with Crippen LogP contribution in [0.15, 0.2) is 12.3 Å². The van der Waals surface area contributed by atoms with E-state index >= 15 is 0 Å². The molecule has 1 aromatic heterocycles. The van der Waals surface area contributed by atoms with E-state index in [1.54, 1.807) is 13.3 Å². The molecule has 5 nitrogen and oxygen atoms in total. The van der Waals surface area contributed by atoms with Crippen molar-refractivity contribution >= 4 is 11.4 Å². The summed E-state index contributed by atoms with van der Waals surface area (Å²) >= 11 is 0. The number of aromatic nitrogens is 1. The van der Waals surface area contributed by atoms with Crippen molar-refractivity contribution in [2.45, 2.75) is 31.3 Å². The highest BCUT2D eigenvalue weighted by Gasteiger charge is 2.24. The maximum atomic E-state index is 5.95. The minimum Gasteiger partial charge on any atom is -0.479 e. The first-order valence-corrected chi connectivity index (χ1v) is 6.34. The van der Waals surface area contributed by atoms with Gasteiger partial charge in [0, 0.05) is 32.4 Å². The quantitative estimate of drug-likeness (QED) is 0.847. The van der Waals surface area contributed by atoms with Crippen molar-refractivity contribution in [3.8, 4) is 5.88 Å². The van der Waals surface area contributed by atoms with E-state index in [1.165, 1.54) is 0 Å². The summed E-state index contributed by atoms with van der Waals surface area (Å²) in [7, 11) is 5.67. The number of anilines is 2. The molecule has 0 amide bonds. The van der Waals surface area contributed by atoms with Gasteiger partial charge in [0.1, 0.15) is 5.69 Å². The number of nitrogens with two attached hydrogens (primary N) is 1. The second kappa shape index (κ2) is 5.44. The molecule has 2 atom stereocenters. The lowest BCUT2D eigenvalue weighted by Gasteiger charge is -2.22. The van der Waals surface area contributed by atoms with Gasteiger partial charge in [-0.25, -0.2) is 4.98 Å². The molecule has 18 heavy (non-hydrogen) atoms. The molecule has 3 N–H and O–H groups in total. The van der Waals surface area contributed by atoms with Gasteiger partial charge in [-0.2, -0.15) is 0 Å². The van der Waals surface area contributed by atoms with Crippen LogP contribution in [0.2, 0.25) is 0 Å². The zero-order valence-corrected chi connectivity index (χ0v) is 11.3. The standard InChI is InChI=1S/C13H22N4O/c1-17(2)11-6-7-15-13(18-3)12(11)16-10-5-4-9(14)8-10/h6-7,9-10,16H,4-5,8,14H2,1-3H3. The van der Waals surface area contributed by atoms with Crippen LogP contribution < -0.4 is 20.7 Å². The summed E-state index contributed by atoms with van der Waals surface area (Å²) < 4.78 is 5.34. The molecule has 0 spiro atoms.